The summed E-state index contributed by atoms with van der Waals surface area (Å²) in [6, 6.07) is 8.67. The fourth-order valence-electron chi connectivity index (χ4n) is 3.22. The van der Waals surface area contributed by atoms with Crippen LogP contribution in [0.15, 0.2) is 36.1 Å². The van der Waals surface area contributed by atoms with E-state index < -0.39 is 12.1 Å². The molecule has 7 nitrogen and oxygen atoms in total. The lowest BCUT2D eigenvalue weighted by Crippen LogP contribution is -2.26. The van der Waals surface area contributed by atoms with Gasteiger partial charge < -0.3 is 23.7 Å². The molecule has 1 atom stereocenters. The Hall–Kier alpha value is -3.48. The van der Waals surface area contributed by atoms with Crippen molar-refractivity contribution in [1.29, 1.82) is 0 Å². The van der Waals surface area contributed by atoms with Gasteiger partial charge in [-0.05, 0) is 44.5 Å². The SMILES string of the molecule is CCOC(=O)C(C)Oc1cc(C)c2c(c1)O/C(=C\c1cccc(OC)c1OC)C2=O. The predicted octanol–water partition coefficient (Wildman–Crippen LogP) is 3.96. The summed E-state index contributed by atoms with van der Waals surface area (Å²) >= 11 is 0. The minimum absolute atomic E-state index is 0.162. The van der Waals surface area contributed by atoms with Gasteiger partial charge in [-0.15, -0.1) is 0 Å². The van der Waals surface area contributed by atoms with Crippen molar-refractivity contribution >= 4 is 17.8 Å². The molecule has 2 aromatic rings. The maximum atomic E-state index is 12.9. The number of carbonyl (C=O) groups is 2. The van der Waals surface area contributed by atoms with Crippen LogP contribution in [-0.4, -0.2) is 38.7 Å². The third-order valence-electron chi connectivity index (χ3n) is 4.60. The molecule has 30 heavy (non-hydrogen) atoms. The van der Waals surface area contributed by atoms with Gasteiger partial charge in [-0.2, -0.15) is 0 Å². The fourth-order valence-corrected chi connectivity index (χ4v) is 3.22. The zero-order valence-electron chi connectivity index (χ0n) is 17.6. The van der Waals surface area contributed by atoms with Gasteiger partial charge in [0.1, 0.15) is 11.5 Å². The molecule has 1 heterocycles. The van der Waals surface area contributed by atoms with E-state index in [0.717, 1.165) is 0 Å². The molecule has 0 spiro atoms. The third kappa shape index (κ3) is 4.10. The Balaban J connectivity index is 1.91. The van der Waals surface area contributed by atoms with Gasteiger partial charge >= 0.3 is 5.97 Å². The van der Waals surface area contributed by atoms with Crippen molar-refractivity contribution in [1.82, 2.24) is 0 Å². The van der Waals surface area contributed by atoms with E-state index >= 15 is 0 Å². The van der Waals surface area contributed by atoms with Crippen LogP contribution in [0.2, 0.25) is 0 Å². The van der Waals surface area contributed by atoms with Crippen molar-refractivity contribution in [3.05, 3.63) is 52.8 Å². The molecular weight excluding hydrogens is 388 g/mol. The minimum Gasteiger partial charge on any atom is -0.493 e. The molecule has 1 aliphatic heterocycles. The summed E-state index contributed by atoms with van der Waals surface area (Å²) in [6.45, 7) is 5.40. The number of esters is 1. The molecule has 7 heteroatoms. The summed E-state index contributed by atoms with van der Waals surface area (Å²) in [4.78, 5) is 24.7. The first-order valence-corrected chi connectivity index (χ1v) is 9.52. The molecular formula is C23H24O7. The molecule has 0 saturated carbocycles. The monoisotopic (exact) mass is 412 g/mol. The number of Topliss-reactive ketones (excluding diaryl/α,β-unsaturated/α-hetero) is 1. The minimum atomic E-state index is -0.782. The average molecular weight is 412 g/mol. The van der Waals surface area contributed by atoms with Crippen LogP contribution in [0.1, 0.15) is 35.3 Å². The van der Waals surface area contributed by atoms with Crippen LogP contribution in [0.3, 0.4) is 0 Å². The molecule has 0 radical (unpaired) electrons. The number of hydrogen-bond donors (Lipinski definition) is 0. The summed E-state index contributed by atoms with van der Waals surface area (Å²) in [5.41, 5.74) is 1.79. The van der Waals surface area contributed by atoms with Crippen molar-refractivity contribution in [2.45, 2.75) is 26.9 Å². The molecule has 3 rings (SSSR count). The van der Waals surface area contributed by atoms with Crippen molar-refractivity contribution < 1.29 is 33.3 Å². The maximum absolute atomic E-state index is 12.9. The molecule has 158 valence electrons. The van der Waals surface area contributed by atoms with E-state index in [9.17, 15) is 9.59 Å². The summed E-state index contributed by atoms with van der Waals surface area (Å²) in [7, 11) is 3.08. The first kappa shape index (κ1) is 21.2. The lowest BCUT2D eigenvalue weighted by molar-refractivity contribution is -0.150. The smallest absolute Gasteiger partial charge is 0.347 e. The van der Waals surface area contributed by atoms with E-state index in [1.54, 1.807) is 64.3 Å². The van der Waals surface area contributed by atoms with Gasteiger partial charge in [0.15, 0.2) is 23.4 Å². The number of aryl methyl sites for hydroxylation is 1. The fraction of sp³-hybridized carbons (Fsp3) is 0.304. The van der Waals surface area contributed by atoms with Crippen LogP contribution in [0, 0.1) is 6.92 Å². The maximum Gasteiger partial charge on any atom is 0.347 e. The number of ether oxygens (including phenoxy) is 5. The van der Waals surface area contributed by atoms with E-state index in [-0.39, 0.29) is 18.1 Å². The van der Waals surface area contributed by atoms with Gasteiger partial charge in [-0.25, -0.2) is 4.79 Å². The Morgan fingerprint density at radius 2 is 1.97 bits per heavy atom. The van der Waals surface area contributed by atoms with Crippen LogP contribution in [-0.2, 0) is 9.53 Å². The molecule has 0 aromatic heterocycles. The van der Waals surface area contributed by atoms with Crippen molar-refractivity contribution in [3.8, 4) is 23.0 Å². The second-order valence-corrected chi connectivity index (χ2v) is 6.65. The third-order valence-corrected chi connectivity index (χ3v) is 4.60. The Morgan fingerprint density at radius 3 is 2.63 bits per heavy atom. The summed E-state index contributed by atoms with van der Waals surface area (Å²) in [5, 5.41) is 0. The number of carbonyl (C=O) groups excluding carboxylic acids is 2. The molecule has 2 aromatic carbocycles. The first-order valence-electron chi connectivity index (χ1n) is 9.52. The number of allylic oxidation sites excluding steroid dienone is 1. The highest BCUT2D eigenvalue weighted by Crippen LogP contribution is 2.39. The highest BCUT2D eigenvalue weighted by Gasteiger charge is 2.31. The number of ketones is 1. The largest absolute Gasteiger partial charge is 0.493 e. The number of fused-ring (bicyclic) bond motifs is 1. The summed E-state index contributed by atoms with van der Waals surface area (Å²) < 4.78 is 27.2. The normalized spacial score (nSPS) is 14.7. The van der Waals surface area contributed by atoms with Crippen LogP contribution < -0.4 is 18.9 Å². The molecule has 0 fully saturated rings. The molecule has 0 aliphatic carbocycles. The Bertz CT molecular complexity index is 1010. The number of methoxy groups -OCH3 is 2. The highest BCUT2D eigenvalue weighted by molar-refractivity contribution is 6.15. The second-order valence-electron chi connectivity index (χ2n) is 6.65. The number of para-hydroxylation sites is 1. The van der Waals surface area contributed by atoms with E-state index in [1.807, 2.05) is 0 Å². The second kappa shape index (κ2) is 8.90. The van der Waals surface area contributed by atoms with Crippen molar-refractivity contribution in [3.63, 3.8) is 0 Å². The highest BCUT2D eigenvalue weighted by atomic mass is 16.6. The molecule has 0 bridgehead atoms. The number of hydrogen-bond acceptors (Lipinski definition) is 7. The average Bonchev–Trinajstić information content (AvgIpc) is 3.03. The van der Waals surface area contributed by atoms with Gasteiger partial charge in [0.05, 0.1) is 26.4 Å². The van der Waals surface area contributed by atoms with E-state index in [1.165, 1.54) is 7.11 Å². The van der Waals surface area contributed by atoms with Crippen LogP contribution in [0.4, 0.5) is 0 Å². The lowest BCUT2D eigenvalue weighted by Gasteiger charge is -2.14. The molecule has 0 amide bonds. The van der Waals surface area contributed by atoms with E-state index in [4.69, 9.17) is 23.7 Å². The Labute approximate surface area is 175 Å². The number of rotatable bonds is 7. The molecule has 0 saturated heterocycles. The van der Waals surface area contributed by atoms with Crippen molar-refractivity contribution in [2.24, 2.45) is 0 Å². The topological polar surface area (TPSA) is 80.3 Å². The Morgan fingerprint density at radius 1 is 1.20 bits per heavy atom. The lowest BCUT2D eigenvalue weighted by atomic mass is 10.0. The number of benzene rings is 2. The molecule has 1 unspecified atom stereocenters. The van der Waals surface area contributed by atoms with Gasteiger partial charge in [0, 0.05) is 11.6 Å². The first-order chi connectivity index (χ1) is 14.4. The zero-order chi connectivity index (χ0) is 21.8. The van der Waals surface area contributed by atoms with E-state index in [0.29, 0.717) is 39.7 Å². The van der Waals surface area contributed by atoms with Crippen LogP contribution in [0.25, 0.3) is 6.08 Å². The molecule has 1 aliphatic rings. The van der Waals surface area contributed by atoms with Gasteiger partial charge in [0.2, 0.25) is 5.78 Å². The summed E-state index contributed by atoms with van der Waals surface area (Å²) in [6.07, 6.45) is 0.834. The predicted molar refractivity (Wildman–Crippen MR) is 110 cm³/mol. The van der Waals surface area contributed by atoms with Crippen molar-refractivity contribution in [2.75, 3.05) is 20.8 Å². The quantitative estimate of drug-likeness (QED) is 0.503. The van der Waals surface area contributed by atoms with E-state index in [2.05, 4.69) is 0 Å². The summed E-state index contributed by atoms with van der Waals surface area (Å²) in [5.74, 6) is 1.31. The van der Waals surface area contributed by atoms with Gasteiger partial charge in [-0.3, -0.25) is 4.79 Å². The molecule has 0 N–H and O–H groups in total. The standard InChI is InChI=1S/C23H24O7/c1-6-28-23(25)14(3)29-16-10-13(2)20-18(12-16)30-19(21(20)24)11-15-8-7-9-17(26-4)22(15)27-5/h7-12,14H,6H2,1-5H3/b19-11-. The Kier molecular flexibility index (Phi) is 6.30. The van der Waals surface area contributed by atoms with Crippen LogP contribution >= 0.6 is 0 Å². The van der Waals surface area contributed by atoms with Gasteiger partial charge in [-0.1, -0.05) is 12.1 Å². The zero-order valence-corrected chi connectivity index (χ0v) is 17.6. The van der Waals surface area contributed by atoms with Crippen LogP contribution in [0.5, 0.6) is 23.0 Å². The van der Waals surface area contributed by atoms with Gasteiger partial charge in [0.25, 0.3) is 0 Å².